The molecule has 0 spiro atoms. The summed E-state index contributed by atoms with van der Waals surface area (Å²) in [6, 6.07) is 0. The van der Waals surface area contributed by atoms with E-state index in [0.717, 1.165) is 0 Å². The Kier molecular flexibility index (Phi) is 6.34. The summed E-state index contributed by atoms with van der Waals surface area (Å²) in [4.78, 5) is 49.7. The van der Waals surface area contributed by atoms with Crippen molar-refractivity contribution in [2.45, 2.75) is 50.0 Å². The summed E-state index contributed by atoms with van der Waals surface area (Å²) in [7, 11) is -15.8. The summed E-state index contributed by atoms with van der Waals surface area (Å²) in [5, 5.41) is 10.6. The number of aliphatic hydroxyl groups is 1. The third-order valence-electron chi connectivity index (χ3n) is 4.96. The van der Waals surface area contributed by atoms with E-state index in [2.05, 4.69) is 19.3 Å². The summed E-state index contributed by atoms with van der Waals surface area (Å²) in [5.41, 5.74) is 6.26. The number of anilines is 1. The number of nitrogen functional groups attached to an aromatic ring is 1. The molecular weight excluding hydrogens is 523 g/mol. The van der Waals surface area contributed by atoms with Gasteiger partial charge in [-0.1, -0.05) is 0 Å². The topological polar surface area (TPSA) is 259 Å². The van der Waals surface area contributed by atoms with Gasteiger partial charge >= 0.3 is 22.8 Å². The van der Waals surface area contributed by atoms with E-state index in [4.69, 9.17) is 29.7 Å². The fourth-order valence-electron chi connectivity index (χ4n) is 3.80. The third-order valence-corrected chi connectivity index (χ3v) is 10.8. The molecule has 20 heteroatoms. The van der Waals surface area contributed by atoms with Crippen LogP contribution in [0.1, 0.15) is 20.1 Å². The molecule has 0 bridgehead atoms. The molecule has 2 aliphatic rings. The number of aliphatic hydroxyl groups excluding tert-OH is 1. The van der Waals surface area contributed by atoms with E-state index >= 15 is 0 Å². The Morgan fingerprint density at radius 3 is 2.44 bits per heavy atom. The van der Waals surface area contributed by atoms with Crippen LogP contribution >= 0.6 is 22.8 Å². The zero-order chi connectivity index (χ0) is 25.3. The predicted molar refractivity (Wildman–Crippen MR) is 111 cm³/mol. The zero-order valence-electron chi connectivity index (χ0n) is 17.6. The molecule has 2 aliphatic heterocycles. The molecule has 0 amide bonds. The average molecular weight is 545 g/mol. The second-order valence-corrected chi connectivity index (χ2v) is 14.2. The highest BCUT2D eigenvalue weighted by atomic mass is 31.3. The first-order valence-corrected chi connectivity index (χ1v) is 14.7. The third kappa shape index (κ3) is 4.98. The number of rotatable bonds is 7. The van der Waals surface area contributed by atoms with E-state index in [9.17, 15) is 28.6 Å². The molecular formula is C14H22N5O12P3. The van der Waals surface area contributed by atoms with Crippen LogP contribution in [-0.2, 0) is 32.2 Å². The van der Waals surface area contributed by atoms with E-state index in [-0.39, 0.29) is 17.0 Å². The monoisotopic (exact) mass is 545 g/mol. The van der Waals surface area contributed by atoms with E-state index in [1.54, 1.807) is 13.8 Å². The fraction of sp³-hybridized carbons (Fsp3) is 0.643. The Labute approximate surface area is 191 Å². The Hall–Kier alpha value is -1.32. The van der Waals surface area contributed by atoms with Crippen LogP contribution in [0.2, 0.25) is 0 Å². The van der Waals surface area contributed by atoms with Crippen molar-refractivity contribution in [1.82, 2.24) is 19.5 Å². The number of nitrogens with zero attached hydrogens (tertiary/aromatic N) is 4. The fourth-order valence-corrected chi connectivity index (χ4v) is 8.80. The summed E-state index contributed by atoms with van der Waals surface area (Å²) in [6.45, 7) is 3.10. The lowest BCUT2D eigenvalue weighted by Gasteiger charge is -2.29. The minimum absolute atomic E-state index is 0.0795. The lowest BCUT2D eigenvalue weighted by Crippen LogP contribution is -2.38. The minimum Gasteiger partial charge on any atom is -0.382 e. The van der Waals surface area contributed by atoms with Gasteiger partial charge in [0.1, 0.15) is 30.2 Å². The van der Waals surface area contributed by atoms with Gasteiger partial charge in [0.15, 0.2) is 35.2 Å². The van der Waals surface area contributed by atoms with Crippen molar-refractivity contribution in [1.29, 1.82) is 0 Å². The lowest BCUT2D eigenvalue weighted by molar-refractivity contribution is -0.203. The Morgan fingerprint density at radius 1 is 1.15 bits per heavy atom. The molecule has 34 heavy (non-hydrogen) atoms. The maximum Gasteiger partial charge on any atom is 0.366 e. The van der Waals surface area contributed by atoms with Crippen LogP contribution in [0.15, 0.2) is 12.7 Å². The molecule has 2 fully saturated rings. The van der Waals surface area contributed by atoms with Crippen LogP contribution in [0.3, 0.4) is 0 Å². The lowest BCUT2D eigenvalue weighted by atomic mass is 10.1. The van der Waals surface area contributed by atoms with Gasteiger partial charge in [-0.3, -0.25) is 18.3 Å². The number of hydrogen-bond donors (Lipinski definition) is 6. The zero-order valence-corrected chi connectivity index (χ0v) is 20.2. The SMILES string of the molecule is CC1(C)O[C@@H]2[C@H](O1)[C@@H](C(O)P(=O)(O)OP(=O)(O)CP(=O)(O)O)O[C@H]2n1cnc2c(N)ncnc21. The first-order valence-electron chi connectivity index (χ1n) is 9.52. The largest absolute Gasteiger partial charge is 0.382 e. The van der Waals surface area contributed by atoms with E-state index in [0.29, 0.717) is 0 Å². The second kappa shape index (κ2) is 8.37. The van der Waals surface area contributed by atoms with Crippen LogP contribution in [-0.4, -0.2) is 80.0 Å². The maximum atomic E-state index is 12.7. The maximum absolute atomic E-state index is 12.7. The standard InChI is InChI=1S/C14H22N5O12P3/c1-14(2)29-7-8(30-14)12(19-4-18-6-10(15)16-3-17-11(6)19)28-9(7)13(20)34(26,27)31-33(24,25)5-32(21,22)23/h3-4,7-9,12-13,20H,5H2,1-2H3,(H,24,25)(H,26,27)(H2,15,16,17)(H2,21,22,23)/t7-,8+,9-,12+,13?/m0/s1. The van der Waals surface area contributed by atoms with Crippen LogP contribution in [0, 0.1) is 0 Å². The van der Waals surface area contributed by atoms with Crippen molar-refractivity contribution in [2.75, 3.05) is 11.6 Å². The Bertz CT molecular complexity index is 1250. The average Bonchev–Trinajstić information content (AvgIpc) is 3.29. The second-order valence-electron chi connectivity index (χ2n) is 8.14. The van der Waals surface area contributed by atoms with Gasteiger partial charge < -0.3 is 44.6 Å². The van der Waals surface area contributed by atoms with Crippen molar-refractivity contribution >= 4 is 39.8 Å². The van der Waals surface area contributed by atoms with E-state index < -0.39 is 64.9 Å². The van der Waals surface area contributed by atoms with Gasteiger partial charge in [-0.2, -0.15) is 0 Å². The molecule has 2 aromatic heterocycles. The highest BCUT2D eigenvalue weighted by Gasteiger charge is 2.61. The van der Waals surface area contributed by atoms with Gasteiger partial charge in [-0.05, 0) is 13.8 Å². The van der Waals surface area contributed by atoms with Crippen LogP contribution < -0.4 is 5.73 Å². The molecule has 4 rings (SSSR count). The highest BCUT2D eigenvalue weighted by Crippen LogP contribution is 2.67. The Morgan fingerprint density at radius 2 is 1.79 bits per heavy atom. The van der Waals surface area contributed by atoms with Gasteiger partial charge in [0, 0.05) is 0 Å². The van der Waals surface area contributed by atoms with Crippen LogP contribution in [0.5, 0.6) is 0 Å². The molecule has 2 saturated heterocycles. The molecule has 3 unspecified atom stereocenters. The number of hydrogen-bond acceptors (Lipinski definition) is 12. The first-order chi connectivity index (χ1) is 15.5. The Balaban J connectivity index is 1.65. The molecule has 0 saturated carbocycles. The van der Waals surface area contributed by atoms with Crippen molar-refractivity contribution in [3.63, 3.8) is 0 Å². The van der Waals surface area contributed by atoms with E-state index in [1.165, 1.54) is 17.2 Å². The van der Waals surface area contributed by atoms with Gasteiger partial charge in [-0.15, -0.1) is 0 Å². The number of nitrogens with two attached hydrogens (primary N) is 1. The highest BCUT2D eigenvalue weighted by molar-refractivity contribution is 7.74. The number of aromatic nitrogens is 4. The molecule has 7 atom stereocenters. The van der Waals surface area contributed by atoms with Crippen molar-refractivity contribution < 1.29 is 56.9 Å². The van der Waals surface area contributed by atoms with Crippen molar-refractivity contribution in [2.24, 2.45) is 0 Å². The number of ether oxygens (including phenoxy) is 3. The molecule has 0 aliphatic carbocycles. The summed E-state index contributed by atoms with van der Waals surface area (Å²) >= 11 is 0. The summed E-state index contributed by atoms with van der Waals surface area (Å²) < 4.78 is 58.7. The minimum atomic E-state index is -5.42. The molecule has 190 valence electrons. The number of fused-ring (bicyclic) bond motifs is 2. The van der Waals surface area contributed by atoms with Gasteiger partial charge in [0.25, 0.3) is 0 Å². The quantitative estimate of drug-likeness (QED) is 0.243. The predicted octanol–water partition coefficient (Wildman–Crippen LogP) is -0.333. The summed E-state index contributed by atoms with van der Waals surface area (Å²) in [5.74, 6) is -5.33. The van der Waals surface area contributed by atoms with Crippen molar-refractivity contribution in [3.8, 4) is 0 Å². The smallest absolute Gasteiger partial charge is 0.366 e. The van der Waals surface area contributed by atoms with Crippen LogP contribution in [0.4, 0.5) is 5.82 Å². The molecule has 4 heterocycles. The summed E-state index contributed by atoms with van der Waals surface area (Å²) in [6.07, 6.45) is -2.41. The number of imidazole rings is 1. The van der Waals surface area contributed by atoms with E-state index in [1.807, 2.05) is 0 Å². The van der Waals surface area contributed by atoms with Crippen LogP contribution in [0.25, 0.3) is 11.2 Å². The molecule has 0 aromatic carbocycles. The molecule has 7 N–H and O–H groups in total. The first kappa shape index (κ1) is 25.8. The van der Waals surface area contributed by atoms with Crippen molar-refractivity contribution in [3.05, 3.63) is 12.7 Å². The molecule has 17 nitrogen and oxygen atoms in total. The molecule has 2 aromatic rings. The molecule has 0 radical (unpaired) electrons. The van der Waals surface area contributed by atoms with Gasteiger partial charge in [0.05, 0.1) is 6.33 Å². The van der Waals surface area contributed by atoms with Gasteiger partial charge in [0.2, 0.25) is 0 Å². The van der Waals surface area contributed by atoms with Gasteiger partial charge in [-0.25, -0.2) is 19.3 Å². The normalized spacial score (nSPS) is 31.1.